The van der Waals surface area contributed by atoms with Gasteiger partial charge in [0.15, 0.2) is 5.43 Å². The number of nitrogens with zero attached hydrogens (tertiary/aromatic N) is 1. The fraction of sp³-hybridized carbons (Fsp3) is 0.400. The van der Waals surface area contributed by atoms with Gasteiger partial charge in [-0.1, -0.05) is 6.07 Å². The number of primary amides is 1. The number of halogens is 3. The van der Waals surface area contributed by atoms with Crippen LogP contribution in [0.2, 0.25) is 0 Å². The fourth-order valence-corrected chi connectivity index (χ4v) is 6.15. The Morgan fingerprint density at radius 2 is 2.06 bits per heavy atom. The molecule has 2 saturated carbocycles. The van der Waals surface area contributed by atoms with Gasteiger partial charge in [-0.05, 0) is 49.3 Å². The van der Waals surface area contributed by atoms with Crippen molar-refractivity contribution in [3.05, 3.63) is 69.0 Å². The Balaban J connectivity index is 1.70. The second-order valence-corrected chi connectivity index (χ2v) is 9.27. The van der Waals surface area contributed by atoms with Crippen molar-refractivity contribution in [1.82, 2.24) is 9.97 Å². The van der Waals surface area contributed by atoms with E-state index in [1.807, 2.05) is 0 Å². The molecule has 0 spiro atoms. The number of alkyl halides is 2. The number of rotatable bonds is 4. The second-order valence-electron chi connectivity index (χ2n) is 9.27. The molecule has 2 heterocycles. The molecule has 1 amide bonds. The smallest absolute Gasteiger partial charge is 0.268 e. The predicted molar refractivity (Wildman–Crippen MR) is 120 cm³/mol. The average molecular weight is 471 g/mol. The van der Waals surface area contributed by atoms with E-state index < -0.39 is 40.8 Å². The lowest BCUT2D eigenvalue weighted by Crippen LogP contribution is -2.23. The van der Waals surface area contributed by atoms with Crippen molar-refractivity contribution in [3.63, 3.8) is 0 Å². The molecular formula is C25H24F3N3O3. The van der Waals surface area contributed by atoms with E-state index in [1.54, 1.807) is 19.1 Å². The Kier molecular flexibility index (Phi) is 5.18. The second kappa shape index (κ2) is 7.85. The number of hydrogen-bond donors (Lipinski definition) is 2. The molecule has 0 saturated heterocycles. The molecule has 3 unspecified atom stereocenters. The number of aromatic amines is 1. The van der Waals surface area contributed by atoms with Crippen molar-refractivity contribution in [2.24, 2.45) is 17.6 Å². The largest absolute Gasteiger partial charge is 0.496 e. The van der Waals surface area contributed by atoms with Gasteiger partial charge in [0, 0.05) is 41.8 Å². The van der Waals surface area contributed by atoms with Crippen LogP contribution < -0.4 is 15.9 Å². The van der Waals surface area contributed by atoms with Crippen LogP contribution in [0.15, 0.2) is 35.3 Å². The molecule has 0 aliphatic heterocycles. The summed E-state index contributed by atoms with van der Waals surface area (Å²) < 4.78 is 49.5. The number of H-pyrrole nitrogens is 1. The number of hydrogen-bond acceptors (Lipinski definition) is 4. The molecule has 6 nitrogen and oxygen atoms in total. The summed E-state index contributed by atoms with van der Waals surface area (Å²) in [5, 5.41) is 0.0639. The van der Waals surface area contributed by atoms with E-state index in [0.717, 1.165) is 0 Å². The van der Waals surface area contributed by atoms with Gasteiger partial charge in [0.2, 0.25) is 0 Å². The number of benzene rings is 1. The lowest BCUT2D eigenvalue weighted by Gasteiger charge is -2.27. The highest BCUT2D eigenvalue weighted by atomic mass is 19.3. The number of fused-ring (bicyclic) bond motifs is 2. The summed E-state index contributed by atoms with van der Waals surface area (Å²) in [6, 6.07) is 5.83. The Hall–Kier alpha value is -3.36. The molecule has 1 aromatic carbocycles. The van der Waals surface area contributed by atoms with Crippen molar-refractivity contribution < 1.29 is 22.7 Å². The molecular weight excluding hydrogens is 447 g/mol. The third-order valence-electron chi connectivity index (χ3n) is 7.60. The van der Waals surface area contributed by atoms with Crippen LogP contribution in [0.25, 0.3) is 10.9 Å². The SMILES string of the molecule is COc1c([C@H]2C(c3cc(=O)c4c(C(N)=O)nccc4[nH]3)CC3C2CCC3(F)F)ccc(F)c1C. The number of aromatic nitrogens is 2. The maximum absolute atomic E-state index is 14.9. The number of methoxy groups -OCH3 is 1. The van der Waals surface area contributed by atoms with E-state index >= 15 is 0 Å². The Labute approximate surface area is 193 Å². The molecule has 3 aromatic rings. The zero-order valence-corrected chi connectivity index (χ0v) is 18.7. The van der Waals surface area contributed by atoms with Gasteiger partial charge >= 0.3 is 0 Å². The summed E-state index contributed by atoms with van der Waals surface area (Å²) in [6.07, 6.45) is 1.66. The van der Waals surface area contributed by atoms with Gasteiger partial charge in [0.1, 0.15) is 17.3 Å². The van der Waals surface area contributed by atoms with Crippen LogP contribution in [0, 0.1) is 24.6 Å². The lowest BCUT2D eigenvalue weighted by atomic mass is 9.79. The number of pyridine rings is 2. The molecule has 178 valence electrons. The van der Waals surface area contributed by atoms with Crippen LogP contribution in [0.3, 0.4) is 0 Å². The molecule has 0 bridgehead atoms. The van der Waals surface area contributed by atoms with Crippen LogP contribution in [-0.2, 0) is 0 Å². The van der Waals surface area contributed by atoms with Crippen molar-refractivity contribution in [2.45, 2.75) is 43.9 Å². The first-order valence-corrected chi connectivity index (χ1v) is 11.2. The van der Waals surface area contributed by atoms with E-state index in [2.05, 4.69) is 9.97 Å². The summed E-state index contributed by atoms with van der Waals surface area (Å²) in [6.45, 7) is 1.60. The Morgan fingerprint density at radius 1 is 1.29 bits per heavy atom. The van der Waals surface area contributed by atoms with Crippen LogP contribution in [0.5, 0.6) is 5.75 Å². The van der Waals surface area contributed by atoms with Gasteiger partial charge in [-0.25, -0.2) is 13.2 Å². The van der Waals surface area contributed by atoms with Crippen molar-refractivity contribution >= 4 is 16.8 Å². The lowest BCUT2D eigenvalue weighted by molar-refractivity contribution is -0.0415. The van der Waals surface area contributed by atoms with E-state index in [9.17, 15) is 22.8 Å². The van der Waals surface area contributed by atoms with Crippen molar-refractivity contribution in [2.75, 3.05) is 7.11 Å². The molecule has 2 aliphatic carbocycles. The van der Waals surface area contributed by atoms with Crippen molar-refractivity contribution in [3.8, 4) is 5.75 Å². The monoisotopic (exact) mass is 471 g/mol. The molecule has 2 aliphatic rings. The number of carbonyl (C=O) groups is 1. The number of nitrogens with one attached hydrogen (secondary N) is 1. The van der Waals surface area contributed by atoms with Gasteiger partial charge in [0.05, 0.1) is 18.0 Å². The molecule has 3 N–H and O–H groups in total. The van der Waals surface area contributed by atoms with Gasteiger partial charge < -0.3 is 15.5 Å². The van der Waals surface area contributed by atoms with E-state index in [4.69, 9.17) is 10.5 Å². The minimum absolute atomic E-state index is 0.0639. The summed E-state index contributed by atoms with van der Waals surface area (Å²) in [5.74, 6) is -5.82. The minimum atomic E-state index is -2.82. The maximum atomic E-state index is 14.9. The highest BCUT2D eigenvalue weighted by molar-refractivity contribution is 6.03. The third kappa shape index (κ3) is 3.28. The van der Waals surface area contributed by atoms with Crippen molar-refractivity contribution in [1.29, 1.82) is 0 Å². The maximum Gasteiger partial charge on any atom is 0.268 e. The summed E-state index contributed by atoms with van der Waals surface area (Å²) in [7, 11) is 1.44. The molecule has 34 heavy (non-hydrogen) atoms. The zero-order chi connectivity index (χ0) is 24.4. The molecule has 9 heteroatoms. The summed E-state index contributed by atoms with van der Waals surface area (Å²) >= 11 is 0. The molecule has 5 rings (SSSR count). The first-order chi connectivity index (χ1) is 16.1. The first kappa shape index (κ1) is 22.4. The van der Waals surface area contributed by atoms with Gasteiger partial charge in [0.25, 0.3) is 11.8 Å². The fourth-order valence-electron chi connectivity index (χ4n) is 6.15. The van der Waals surface area contributed by atoms with E-state index in [1.165, 1.54) is 25.4 Å². The minimum Gasteiger partial charge on any atom is -0.496 e. The Bertz CT molecular complexity index is 1370. The third-order valence-corrected chi connectivity index (χ3v) is 7.60. The molecule has 0 radical (unpaired) electrons. The molecule has 4 atom stereocenters. The number of amides is 1. The predicted octanol–water partition coefficient (Wildman–Crippen LogP) is 4.41. The number of nitrogens with two attached hydrogens (primary N) is 1. The van der Waals surface area contributed by atoms with Crippen LogP contribution in [-0.4, -0.2) is 28.9 Å². The zero-order valence-electron chi connectivity index (χ0n) is 18.7. The highest BCUT2D eigenvalue weighted by Crippen LogP contribution is 2.63. The van der Waals surface area contributed by atoms with Crippen LogP contribution in [0.1, 0.15) is 58.4 Å². The average Bonchev–Trinajstić information content (AvgIpc) is 3.32. The topological polar surface area (TPSA) is 98.1 Å². The quantitative estimate of drug-likeness (QED) is 0.589. The Morgan fingerprint density at radius 3 is 2.76 bits per heavy atom. The first-order valence-electron chi connectivity index (χ1n) is 11.2. The van der Waals surface area contributed by atoms with E-state index in [0.29, 0.717) is 34.5 Å². The number of carbonyl (C=O) groups excluding carboxylic acids is 1. The summed E-state index contributed by atoms with van der Waals surface area (Å²) in [4.78, 5) is 31.9. The van der Waals surface area contributed by atoms with Gasteiger partial charge in [-0.3, -0.25) is 14.6 Å². The van der Waals surface area contributed by atoms with Gasteiger partial charge in [-0.15, -0.1) is 0 Å². The van der Waals surface area contributed by atoms with Crippen LogP contribution >= 0.6 is 0 Å². The van der Waals surface area contributed by atoms with E-state index in [-0.39, 0.29) is 29.8 Å². The van der Waals surface area contributed by atoms with Crippen LogP contribution in [0.4, 0.5) is 13.2 Å². The summed E-state index contributed by atoms with van der Waals surface area (Å²) in [5.41, 5.74) is 6.58. The standard InChI is InChI=1S/C25H24F3N3O3/c1-11-16(26)4-3-13(23(11)34-2)20-12-5-7-25(27,28)15(12)9-14(20)18-10-19(32)21-17(31-18)6-8-30-22(21)24(29)33/h3-4,6,8,10,12,14-15,20H,5,7,9H2,1-2H3,(H2,29,33)(H,31,32)/t12?,14?,15?,20-/m0/s1. The van der Waals surface area contributed by atoms with Gasteiger partial charge in [-0.2, -0.15) is 0 Å². The molecule has 2 aromatic heterocycles. The number of ether oxygens (including phenoxy) is 1. The highest BCUT2D eigenvalue weighted by Gasteiger charge is 2.59. The molecule has 2 fully saturated rings. The normalized spacial score (nSPS) is 25.4.